The smallest absolute Gasteiger partial charge is 0.325 e. The summed E-state index contributed by atoms with van der Waals surface area (Å²) < 4.78 is 0. The highest BCUT2D eigenvalue weighted by atomic mass is 16.2. The van der Waals surface area contributed by atoms with Crippen molar-refractivity contribution in [3.8, 4) is 0 Å². The van der Waals surface area contributed by atoms with E-state index in [1.165, 1.54) is 0 Å². The summed E-state index contributed by atoms with van der Waals surface area (Å²) in [5.74, 6) is -0.176. The second-order valence-corrected chi connectivity index (χ2v) is 6.75. The highest BCUT2D eigenvalue weighted by Gasteiger charge is 2.50. The van der Waals surface area contributed by atoms with E-state index in [4.69, 9.17) is 0 Å². The molecule has 1 aromatic rings. The molecule has 4 amide bonds. The molecule has 0 aromatic carbocycles. The number of piperidine rings is 1. The number of nitrogens with zero attached hydrogens (tertiary/aromatic N) is 3. The predicted octanol–water partition coefficient (Wildman–Crippen LogP) is 1.11. The summed E-state index contributed by atoms with van der Waals surface area (Å²) in [6.07, 6.45) is 3.63. The standard InChI is InChI=1S/C17H22N4O3/c1-12-6-5-9-20(10-12)14(22)11-21-15(23)17(2,19-16(21)24)13-7-3-4-8-18-13/h3-4,7-8,12H,5-6,9-11H2,1-2H3,(H,19,24)/t12-,17+/m0/s1. The maximum atomic E-state index is 12.8. The Balaban J connectivity index is 1.74. The van der Waals surface area contributed by atoms with Gasteiger partial charge in [-0.2, -0.15) is 0 Å². The minimum atomic E-state index is -1.23. The molecule has 0 saturated carbocycles. The monoisotopic (exact) mass is 330 g/mol. The number of hydrogen-bond donors (Lipinski definition) is 1. The minimum absolute atomic E-state index is 0.185. The summed E-state index contributed by atoms with van der Waals surface area (Å²) in [4.78, 5) is 44.4. The fourth-order valence-corrected chi connectivity index (χ4v) is 3.32. The van der Waals surface area contributed by atoms with Gasteiger partial charge in [-0.15, -0.1) is 0 Å². The number of carbonyl (C=O) groups is 3. The maximum absolute atomic E-state index is 12.8. The number of nitrogens with one attached hydrogen (secondary N) is 1. The number of amides is 4. The maximum Gasteiger partial charge on any atom is 0.325 e. The molecule has 2 saturated heterocycles. The van der Waals surface area contributed by atoms with Crippen LogP contribution in [0.25, 0.3) is 0 Å². The van der Waals surface area contributed by atoms with Gasteiger partial charge < -0.3 is 10.2 Å². The topological polar surface area (TPSA) is 82.6 Å². The Morgan fingerprint density at radius 1 is 1.42 bits per heavy atom. The lowest BCUT2D eigenvalue weighted by Crippen LogP contribution is -2.47. The molecular formula is C17H22N4O3. The van der Waals surface area contributed by atoms with Crippen molar-refractivity contribution in [1.82, 2.24) is 20.1 Å². The first-order valence-electron chi connectivity index (χ1n) is 8.25. The summed E-state index contributed by atoms with van der Waals surface area (Å²) in [6, 6.07) is 4.64. The zero-order valence-corrected chi connectivity index (χ0v) is 14.0. The molecule has 2 aliphatic rings. The minimum Gasteiger partial charge on any atom is -0.341 e. The van der Waals surface area contributed by atoms with Gasteiger partial charge in [-0.05, 0) is 37.8 Å². The number of pyridine rings is 1. The van der Waals surface area contributed by atoms with Gasteiger partial charge in [-0.3, -0.25) is 19.5 Å². The number of imide groups is 1. The van der Waals surface area contributed by atoms with Crippen LogP contribution in [0.2, 0.25) is 0 Å². The quantitative estimate of drug-likeness (QED) is 0.842. The van der Waals surface area contributed by atoms with Crippen LogP contribution in [0.1, 0.15) is 32.4 Å². The molecule has 1 N–H and O–H groups in total. The molecule has 0 unspecified atom stereocenters. The van der Waals surface area contributed by atoms with Gasteiger partial charge in [0.2, 0.25) is 5.91 Å². The lowest BCUT2D eigenvalue weighted by molar-refractivity contribution is -0.139. The van der Waals surface area contributed by atoms with Crippen LogP contribution in [0.3, 0.4) is 0 Å². The average molecular weight is 330 g/mol. The van der Waals surface area contributed by atoms with E-state index in [9.17, 15) is 14.4 Å². The van der Waals surface area contributed by atoms with E-state index in [1.807, 2.05) is 0 Å². The van der Waals surface area contributed by atoms with Gasteiger partial charge in [0.05, 0.1) is 5.69 Å². The van der Waals surface area contributed by atoms with E-state index in [1.54, 1.807) is 36.2 Å². The largest absolute Gasteiger partial charge is 0.341 e. The number of aromatic nitrogens is 1. The fourth-order valence-electron chi connectivity index (χ4n) is 3.32. The number of carbonyl (C=O) groups excluding carboxylic acids is 3. The SMILES string of the molecule is C[C@H]1CCCN(C(=O)CN2C(=O)N[C@](C)(c3ccccn3)C2=O)C1. The second kappa shape index (κ2) is 6.22. The molecule has 3 rings (SSSR count). The fraction of sp³-hybridized carbons (Fsp3) is 0.529. The third-order valence-electron chi connectivity index (χ3n) is 4.76. The lowest BCUT2D eigenvalue weighted by Gasteiger charge is -2.31. The van der Waals surface area contributed by atoms with Crippen molar-refractivity contribution >= 4 is 17.8 Å². The van der Waals surface area contributed by atoms with Crippen LogP contribution in [0.5, 0.6) is 0 Å². The van der Waals surface area contributed by atoms with Gasteiger partial charge in [-0.1, -0.05) is 13.0 Å². The van der Waals surface area contributed by atoms with E-state index >= 15 is 0 Å². The normalized spacial score (nSPS) is 27.3. The van der Waals surface area contributed by atoms with Gasteiger partial charge in [0.25, 0.3) is 5.91 Å². The van der Waals surface area contributed by atoms with Crippen LogP contribution in [0.15, 0.2) is 24.4 Å². The van der Waals surface area contributed by atoms with E-state index in [-0.39, 0.29) is 12.5 Å². The first-order valence-corrected chi connectivity index (χ1v) is 8.25. The number of hydrogen-bond acceptors (Lipinski definition) is 4. The molecule has 2 fully saturated rings. The average Bonchev–Trinajstić information content (AvgIpc) is 2.80. The van der Waals surface area contributed by atoms with Crippen molar-refractivity contribution in [3.05, 3.63) is 30.1 Å². The van der Waals surface area contributed by atoms with E-state index in [0.29, 0.717) is 24.7 Å². The molecule has 24 heavy (non-hydrogen) atoms. The number of likely N-dealkylation sites (tertiary alicyclic amines) is 1. The Morgan fingerprint density at radius 2 is 2.21 bits per heavy atom. The molecule has 0 radical (unpaired) electrons. The van der Waals surface area contributed by atoms with Crippen molar-refractivity contribution in [1.29, 1.82) is 0 Å². The number of urea groups is 1. The van der Waals surface area contributed by atoms with Crippen molar-refractivity contribution in [3.63, 3.8) is 0 Å². The van der Waals surface area contributed by atoms with Crippen LogP contribution in [0.4, 0.5) is 4.79 Å². The molecule has 2 atom stereocenters. The van der Waals surface area contributed by atoms with Gasteiger partial charge in [-0.25, -0.2) is 4.79 Å². The predicted molar refractivity (Wildman–Crippen MR) is 86.8 cm³/mol. The summed E-state index contributed by atoms with van der Waals surface area (Å²) in [7, 11) is 0. The van der Waals surface area contributed by atoms with Gasteiger partial charge in [0.1, 0.15) is 6.54 Å². The zero-order valence-electron chi connectivity index (χ0n) is 14.0. The molecule has 0 aliphatic carbocycles. The van der Waals surface area contributed by atoms with E-state index < -0.39 is 17.5 Å². The van der Waals surface area contributed by atoms with Gasteiger partial charge in [0, 0.05) is 19.3 Å². The van der Waals surface area contributed by atoms with Crippen molar-refractivity contribution in [2.45, 2.75) is 32.2 Å². The lowest BCUT2D eigenvalue weighted by atomic mass is 9.97. The van der Waals surface area contributed by atoms with Crippen LogP contribution in [-0.2, 0) is 15.1 Å². The third-order valence-corrected chi connectivity index (χ3v) is 4.76. The number of rotatable bonds is 3. The van der Waals surface area contributed by atoms with Crippen LogP contribution in [0, 0.1) is 5.92 Å². The molecule has 1 aromatic heterocycles. The van der Waals surface area contributed by atoms with Gasteiger partial charge >= 0.3 is 6.03 Å². The molecule has 2 aliphatic heterocycles. The van der Waals surface area contributed by atoms with Crippen molar-refractivity contribution < 1.29 is 14.4 Å². The highest BCUT2D eigenvalue weighted by Crippen LogP contribution is 2.27. The molecule has 128 valence electrons. The molecule has 0 spiro atoms. The Labute approximate surface area is 141 Å². The summed E-state index contributed by atoms with van der Waals surface area (Å²) in [6.45, 7) is 4.86. The molecule has 7 nitrogen and oxygen atoms in total. The van der Waals surface area contributed by atoms with E-state index in [2.05, 4.69) is 17.2 Å². The molecular weight excluding hydrogens is 308 g/mol. The zero-order chi connectivity index (χ0) is 17.3. The van der Waals surface area contributed by atoms with Crippen LogP contribution >= 0.6 is 0 Å². The molecule has 0 bridgehead atoms. The molecule has 3 heterocycles. The Kier molecular flexibility index (Phi) is 4.26. The summed E-state index contributed by atoms with van der Waals surface area (Å²) in [5, 5.41) is 2.67. The second-order valence-electron chi connectivity index (χ2n) is 6.75. The van der Waals surface area contributed by atoms with Crippen LogP contribution in [-0.4, -0.2) is 52.3 Å². The van der Waals surface area contributed by atoms with Crippen molar-refractivity contribution in [2.75, 3.05) is 19.6 Å². The van der Waals surface area contributed by atoms with Crippen LogP contribution < -0.4 is 5.32 Å². The third kappa shape index (κ3) is 2.86. The Hall–Kier alpha value is -2.44. The highest BCUT2D eigenvalue weighted by molar-refractivity contribution is 6.08. The summed E-state index contributed by atoms with van der Waals surface area (Å²) >= 11 is 0. The first-order chi connectivity index (χ1) is 11.4. The first kappa shape index (κ1) is 16.4. The Bertz CT molecular complexity index is 663. The van der Waals surface area contributed by atoms with Crippen molar-refractivity contribution in [2.24, 2.45) is 5.92 Å². The van der Waals surface area contributed by atoms with Gasteiger partial charge in [0.15, 0.2) is 5.54 Å². The molecule has 7 heteroatoms. The Morgan fingerprint density at radius 3 is 2.88 bits per heavy atom. The van der Waals surface area contributed by atoms with E-state index in [0.717, 1.165) is 17.7 Å². The summed E-state index contributed by atoms with van der Waals surface area (Å²) in [5.41, 5.74) is -0.765.